The lowest BCUT2D eigenvalue weighted by Gasteiger charge is -2.17. The van der Waals surface area contributed by atoms with E-state index >= 15 is 0 Å². The molecular formula is C17H22N2OS2. The maximum Gasteiger partial charge on any atom is 0.251 e. The van der Waals surface area contributed by atoms with Crippen molar-refractivity contribution in [1.82, 2.24) is 10.3 Å². The number of carbonyl (C=O) groups excluding carboxylic acids is 1. The Hall–Kier alpha value is -1.33. The van der Waals surface area contributed by atoms with Gasteiger partial charge in [-0.1, -0.05) is 13.8 Å². The number of hydrogen-bond donors (Lipinski definition) is 1. The predicted molar refractivity (Wildman–Crippen MR) is 94.6 cm³/mol. The number of thioether (sulfide) groups is 1. The molecule has 0 aliphatic heterocycles. The van der Waals surface area contributed by atoms with E-state index in [2.05, 4.69) is 29.5 Å². The van der Waals surface area contributed by atoms with Crippen LogP contribution < -0.4 is 5.32 Å². The smallest absolute Gasteiger partial charge is 0.251 e. The van der Waals surface area contributed by atoms with Crippen molar-refractivity contribution in [1.29, 1.82) is 0 Å². The minimum atomic E-state index is -0.00660. The fraction of sp³-hybridized carbons (Fsp3) is 0.412. The summed E-state index contributed by atoms with van der Waals surface area (Å²) in [4.78, 5) is 17.7. The summed E-state index contributed by atoms with van der Waals surface area (Å²) in [5, 5.41) is 6.21. The summed E-state index contributed by atoms with van der Waals surface area (Å²) >= 11 is 3.41. The topological polar surface area (TPSA) is 42.0 Å². The Labute approximate surface area is 140 Å². The highest BCUT2D eigenvalue weighted by Gasteiger charge is 2.12. The third-order valence-corrected chi connectivity index (χ3v) is 5.40. The van der Waals surface area contributed by atoms with Gasteiger partial charge in [0.1, 0.15) is 0 Å². The number of aryl methyl sites for hydroxylation is 1. The molecule has 0 radical (unpaired) electrons. The summed E-state index contributed by atoms with van der Waals surface area (Å²) in [5.74, 6) is 1.29. The largest absolute Gasteiger partial charge is 0.349 e. The molecule has 0 aliphatic rings. The van der Waals surface area contributed by atoms with Crippen molar-refractivity contribution in [3.05, 3.63) is 45.9 Å². The highest BCUT2D eigenvalue weighted by atomic mass is 32.2. The van der Waals surface area contributed by atoms with Crippen molar-refractivity contribution in [2.24, 2.45) is 5.92 Å². The molecule has 0 saturated carbocycles. The first kappa shape index (κ1) is 17.0. The zero-order valence-corrected chi connectivity index (χ0v) is 15.1. The molecule has 1 heterocycles. The van der Waals surface area contributed by atoms with Crippen molar-refractivity contribution in [3.63, 3.8) is 0 Å². The standard InChI is InChI=1S/C17H22N2OS2/c1-11(2)12(3)18-17(20)14-5-7-16(8-6-14)22-10-15-9-21-13(4)19-15/h5-9,11-12H,10H2,1-4H3,(H,18,20). The van der Waals surface area contributed by atoms with Gasteiger partial charge in [-0.15, -0.1) is 23.1 Å². The minimum Gasteiger partial charge on any atom is -0.349 e. The number of nitrogens with one attached hydrogen (secondary N) is 1. The number of carbonyl (C=O) groups is 1. The quantitative estimate of drug-likeness (QED) is 0.790. The average molecular weight is 335 g/mol. The maximum atomic E-state index is 12.1. The van der Waals surface area contributed by atoms with Gasteiger partial charge < -0.3 is 5.32 Å². The zero-order valence-electron chi connectivity index (χ0n) is 13.4. The van der Waals surface area contributed by atoms with Crippen molar-refractivity contribution in [2.75, 3.05) is 0 Å². The van der Waals surface area contributed by atoms with E-state index in [0.717, 1.165) is 21.3 Å². The Morgan fingerprint density at radius 1 is 1.27 bits per heavy atom. The molecule has 1 aromatic carbocycles. The second kappa shape index (κ2) is 7.79. The van der Waals surface area contributed by atoms with Crippen LogP contribution in [0.25, 0.3) is 0 Å². The van der Waals surface area contributed by atoms with Gasteiger partial charge in [0, 0.05) is 27.6 Å². The zero-order chi connectivity index (χ0) is 16.1. The lowest BCUT2D eigenvalue weighted by atomic mass is 10.1. The molecule has 0 saturated heterocycles. The summed E-state index contributed by atoms with van der Waals surface area (Å²) in [6.07, 6.45) is 0. The van der Waals surface area contributed by atoms with Crippen molar-refractivity contribution < 1.29 is 4.79 Å². The molecule has 5 heteroatoms. The molecular weight excluding hydrogens is 312 g/mol. The molecule has 0 bridgehead atoms. The molecule has 1 atom stereocenters. The number of rotatable bonds is 6. The molecule has 0 spiro atoms. The van der Waals surface area contributed by atoms with Gasteiger partial charge in [-0.3, -0.25) is 4.79 Å². The van der Waals surface area contributed by atoms with Crippen LogP contribution in [0.2, 0.25) is 0 Å². The van der Waals surface area contributed by atoms with E-state index in [9.17, 15) is 4.79 Å². The van der Waals surface area contributed by atoms with Gasteiger partial charge >= 0.3 is 0 Å². The van der Waals surface area contributed by atoms with Crippen LogP contribution in [0.1, 0.15) is 41.8 Å². The van der Waals surface area contributed by atoms with E-state index < -0.39 is 0 Å². The third kappa shape index (κ3) is 4.85. The van der Waals surface area contributed by atoms with Crippen molar-refractivity contribution in [3.8, 4) is 0 Å². The normalized spacial score (nSPS) is 12.4. The molecule has 0 fully saturated rings. The molecule has 1 aromatic heterocycles. The predicted octanol–water partition coefficient (Wildman–Crippen LogP) is 4.52. The van der Waals surface area contributed by atoms with Crippen LogP contribution in [0, 0.1) is 12.8 Å². The summed E-state index contributed by atoms with van der Waals surface area (Å²) in [5.41, 5.74) is 1.82. The average Bonchev–Trinajstić information content (AvgIpc) is 2.91. The number of benzene rings is 1. The number of thiazole rings is 1. The SMILES string of the molecule is Cc1nc(CSc2ccc(C(=O)NC(C)C(C)C)cc2)cs1. The lowest BCUT2D eigenvalue weighted by Crippen LogP contribution is -2.36. The van der Waals surface area contributed by atoms with E-state index in [1.165, 1.54) is 0 Å². The second-order valence-electron chi connectivity index (χ2n) is 5.68. The van der Waals surface area contributed by atoms with E-state index in [1.807, 2.05) is 38.1 Å². The van der Waals surface area contributed by atoms with Crippen LogP contribution in [-0.2, 0) is 5.75 Å². The van der Waals surface area contributed by atoms with Gasteiger partial charge in [0.15, 0.2) is 0 Å². The molecule has 0 aliphatic carbocycles. The summed E-state index contributed by atoms with van der Waals surface area (Å²) in [7, 11) is 0. The van der Waals surface area contributed by atoms with E-state index in [4.69, 9.17) is 0 Å². The van der Waals surface area contributed by atoms with Gasteiger partial charge in [-0.05, 0) is 44.0 Å². The van der Waals surface area contributed by atoms with E-state index in [1.54, 1.807) is 23.1 Å². The minimum absolute atomic E-state index is 0.00660. The van der Waals surface area contributed by atoms with Crippen LogP contribution in [0.15, 0.2) is 34.5 Å². The molecule has 2 aromatic rings. The number of aromatic nitrogens is 1. The van der Waals surface area contributed by atoms with Crippen LogP contribution in [0.3, 0.4) is 0 Å². The number of hydrogen-bond acceptors (Lipinski definition) is 4. The molecule has 2 rings (SSSR count). The first-order chi connectivity index (χ1) is 10.5. The Morgan fingerprint density at radius 3 is 2.50 bits per heavy atom. The summed E-state index contributed by atoms with van der Waals surface area (Å²) in [6, 6.07) is 7.94. The maximum absolute atomic E-state index is 12.1. The number of nitrogens with zero attached hydrogens (tertiary/aromatic N) is 1. The highest BCUT2D eigenvalue weighted by Crippen LogP contribution is 2.23. The molecule has 1 unspecified atom stereocenters. The lowest BCUT2D eigenvalue weighted by molar-refractivity contribution is 0.0930. The van der Waals surface area contributed by atoms with Crippen LogP contribution in [0.4, 0.5) is 0 Å². The molecule has 118 valence electrons. The third-order valence-electron chi connectivity index (χ3n) is 3.53. The van der Waals surface area contributed by atoms with Gasteiger partial charge in [0.05, 0.1) is 10.7 Å². The Kier molecular flexibility index (Phi) is 6.03. The first-order valence-electron chi connectivity index (χ1n) is 7.40. The Morgan fingerprint density at radius 2 is 1.95 bits per heavy atom. The van der Waals surface area contributed by atoms with Gasteiger partial charge in [0.25, 0.3) is 5.91 Å². The summed E-state index contributed by atoms with van der Waals surface area (Å²) < 4.78 is 0. The van der Waals surface area contributed by atoms with Crippen LogP contribution in [0.5, 0.6) is 0 Å². The molecule has 22 heavy (non-hydrogen) atoms. The summed E-state index contributed by atoms with van der Waals surface area (Å²) in [6.45, 7) is 8.25. The van der Waals surface area contributed by atoms with Crippen molar-refractivity contribution >= 4 is 29.0 Å². The Balaban J connectivity index is 1.91. The fourth-order valence-corrected chi connectivity index (χ4v) is 3.30. The van der Waals surface area contributed by atoms with Gasteiger partial charge in [-0.2, -0.15) is 0 Å². The van der Waals surface area contributed by atoms with Crippen LogP contribution in [-0.4, -0.2) is 16.9 Å². The van der Waals surface area contributed by atoms with Crippen LogP contribution >= 0.6 is 23.1 Å². The monoisotopic (exact) mass is 334 g/mol. The van der Waals surface area contributed by atoms with E-state index in [0.29, 0.717) is 11.5 Å². The molecule has 3 nitrogen and oxygen atoms in total. The molecule has 1 amide bonds. The number of amides is 1. The Bertz CT molecular complexity index is 620. The van der Waals surface area contributed by atoms with Crippen molar-refractivity contribution in [2.45, 2.75) is 44.4 Å². The first-order valence-corrected chi connectivity index (χ1v) is 9.27. The molecule has 1 N–H and O–H groups in total. The van der Waals surface area contributed by atoms with E-state index in [-0.39, 0.29) is 11.9 Å². The highest BCUT2D eigenvalue weighted by molar-refractivity contribution is 7.98. The second-order valence-corrected chi connectivity index (χ2v) is 7.79. The van der Waals surface area contributed by atoms with Gasteiger partial charge in [0.2, 0.25) is 0 Å². The fourth-order valence-electron chi connectivity index (χ4n) is 1.79. The van der Waals surface area contributed by atoms with Gasteiger partial charge in [-0.25, -0.2) is 4.98 Å².